The molecule has 102 valence electrons. The first kappa shape index (κ1) is 12.3. The lowest BCUT2D eigenvalue weighted by Crippen LogP contribution is -2.34. The van der Waals surface area contributed by atoms with E-state index in [9.17, 15) is 0 Å². The van der Waals surface area contributed by atoms with Gasteiger partial charge in [0.25, 0.3) is 0 Å². The Hall–Kier alpha value is -1.69. The van der Waals surface area contributed by atoms with Crippen LogP contribution in [0.3, 0.4) is 0 Å². The number of hydrogen-bond acceptors (Lipinski definition) is 5. The lowest BCUT2D eigenvalue weighted by molar-refractivity contribution is 0.277. The van der Waals surface area contributed by atoms with E-state index in [1.54, 1.807) is 11.0 Å². The van der Waals surface area contributed by atoms with E-state index < -0.39 is 0 Å². The summed E-state index contributed by atoms with van der Waals surface area (Å²) in [5.41, 5.74) is 0.872. The molecule has 1 N–H and O–H groups in total. The summed E-state index contributed by atoms with van der Waals surface area (Å²) < 4.78 is 1.77. The molecule has 0 saturated carbocycles. The van der Waals surface area contributed by atoms with Crippen molar-refractivity contribution in [2.75, 3.05) is 25.0 Å². The summed E-state index contributed by atoms with van der Waals surface area (Å²) in [5, 5.41) is 8.68. The lowest BCUT2D eigenvalue weighted by atomic mass is 10.2. The third-order valence-corrected chi connectivity index (χ3v) is 3.94. The van der Waals surface area contributed by atoms with Gasteiger partial charge >= 0.3 is 0 Å². The molecule has 2 aromatic rings. The molecule has 3 heterocycles. The molecule has 2 aromatic heterocycles. The van der Waals surface area contributed by atoms with Gasteiger partial charge in [0.2, 0.25) is 0 Å². The van der Waals surface area contributed by atoms with Gasteiger partial charge in [0, 0.05) is 19.6 Å². The fraction of sp³-hybridized carbons (Fsp3) is 0.615. The number of nitrogens with one attached hydrogen (secondary N) is 1. The highest BCUT2D eigenvalue weighted by atomic mass is 15.3. The number of hydrogen-bond donors (Lipinski definition) is 1. The van der Waals surface area contributed by atoms with Crippen LogP contribution in [0.5, 0.6) is 0 Å². The fourth-order valence-electron chi connectivity index (χ4n) is 2.86. The van der Waals surface area contributed by atoms with Crippen molar-refractivity contribution < 1.29 is 0 Å². The number of fused-ring (bicyclic) bond motifs is 1. The van der Waals surface area contributed by atoms with Gasteiger partial charge in [-0.25, -0.2) is 9.97 Å². The van der Waals surface area contributed by atoms with Crippen LogP contribution >= 0.6 is 0 Å². The van der Waals surface area contributed by atoms with Crippen molar-refractivity contribution in [3.63, 3.8) is 0 Å². The molecule has 1 atom stereocenters. The number of anilines is 1. The third-order valence-electron chi connectivity index (χ3n) is 3.94. The number of rotatable bonds is 4. The van der Waals surface area contributed by atoms with E-state index >= 15 is 0 Å². The van der Waals surface area contributed by atoms with Crippen molar-refractivity contribution in [1.82, 2.24) is 24.6 Å². The van der Waals surface area contributed by atoms with Crippen molar-refractivity contribution in [2.24, 2.45) is 7.05 Å². The molecule has 1 fully saturated rings. The summed E-state index contributed by atoms with van der Waals surface area (Å²) in [6, 6.07) is 0.617. The fourth-order valence-corrected chi connectivity index (χ4v) is 2.86. The first-order valence-corrected chi connectivity index (χ1v) is 6.90. The Labute approximate surface area is 112 Å². The van der Waals surface area contributed by atoms with Crippen molar-refractivity contribution in [3.8, 4) is 0 Å². The second-order valence-electron chi connectivity index (χ2n) is 5.03. The van der Waals surface area contributed by atoms with Gasteiger partial charge in [-0.2, -0.15) is 5.10 Å². The number of aromatic nitrogens is 4. The van der Waals surface area contributed by atoms with Crippen molar-refractivity contribution >= 4 is 16.9 Å². The summed E-state index contributed by atoms with van der Waals surface area (Å²) >= 11 is 0. The van der Waals surface area contributed by atoms with Crippen LogP contribution in [-0.4, -0.2) is 50.3 Å². The number of aryl methyl sites for hydroxylation is 1. The van der Waals surface area contributed by atoms with Gasteiger partial charge in [0.1, 0.15) is 12.1 Å². The molecule has 0 aliphatic carbocycles. The quantitative estimate of drug-likeness (QED) is 0.897. The Morgan fingerprint density at radius 2 is 2.32 bits per heavy atom. The lowest BCUT2D eigenvalue weighted by Gasteiger charge is -2.23. The van der Waals surface area contributed by atoms with Crippen LogP contribution in [0.1, 0.15) is 19.8 Å². The molecule has 0 unspecified atom stereocenters. The second kappa shape index (κ2) is 5.13. The normalized spacial score (nSPS) is 20.2. The predicted octanol–water partition coefficient (Wildman–Crippen LogP) is 1.26. The molecule has 0 radical (unpaired) electrons. The Kier molecular flexibility index (Phi) is 3.33. The Balaban J connectivity index is 1.75. The van der Waals surface area contributed by atoms with E-state index in [-0.39, 0.29) is 0 Å². The van der Waals surface area contributed by atoms with E-state index in [4.69, 9.17) is 0 Å². The average Bonchev–Trinajstić information content (AvgIpc) is 3.03. The van der Waals surface area contributed by atoms with E-state index in [1.165, 1.54) is 19.4 Å². The molecular weight excluding hydrogens is 240 g/mol. The monoisotopic (exact) mass is 260 g/mol. The SMILES string of the molecule is CCN1CCC[C@H]1CNc1ncnc2c1cnn2C. The van der Waals surface area contributed by atoms with E-state index in [0.717, 1.165) is 29.9 Å². The van der Waals surface area contributed by atoms with Gasteiger partial charge < -0.3 is 5.32 Å². The zero-order chi connectivity index (χ0) is 13.2. The maximum Gasteiger partial charge on any atom is 0.163 e. The molecule has 19 heavy (non-hydrogen) atoms. The van der Waals surface area contributed by atoms with Gasteiger partial charge in [0.15, 0.2) is 5.65 Å². The number of likely N-dealkylation sites (tertiary alicyclic amines) is 1. The molecule has 6 nitrogen and oxygen atoms in total. The van der Waals surface area contributed by atoms with Crippen LogP contribution in [0.4, 0.5) is 5.82 Å². The minimum atomic E-state index is 0.617. The number of likely N-dealkylation sites (N-methyl/N-ethyl adjacent to an activating group) is 1. The molecule has 1 aliphatic rings. The van der Waals surface area contributed by atoms with Gasteiger partial charge in [-0.1, -0.05) is 6.92 Å². The van der Waals surface area contributed by atoms with Crippen molar-refractivity contribution in [1.29, 1.82) is 0 Å². The predicted molar refractivity (Wildman–Crippen MR) is 75.1 cm³/mol. The average molecular weight is 260 g/mol. The molecule has 3 rings (SSSR count). The summed E-state index contributed by atoms with van der Waals surface area (Å²) in [6.07, 6.45) is 5.98. The maximum absolute atomic E-state index is 4.34. The zero-order valence-corrected chi connectivity index (χ0v) is 11.5. The summed E-state index contributed by atoms with van der Waals surface area (Å²) in [4.78, 5) is 11.1. The highest BCUT2D eigenvalue weighted by Gasteiger charge is 2.22. The Morgan fingerprint density at radius 3 is 3.16 bits per heavy atom. The van der Waals surface area contributed by atoms with E-state index in [2.05, 4.69) is 32.2 Å². The van der Waals surface area contributed by atoms with Crippen LogP contribution in [0.2, 0.25) is 0 Å². The molecule has 1 aliphatic heterocycles. The largest absolute Gasteiger partial charge is 0.368 e. The van der Waals surface area contributed by atoms with Crippen LogP contribution in [0.25, 0.3) is 11.0 Å². The standard InChI is InChI=1S/C13H20N6/c1-3-19-6-4-5-10(19)7-14-12-11-8-17-18(2)13(11)16-9-15-12/h8-10H,3-7H2,1-2H3,(H,14,15,16)/t10-/m0/s1. The highest BCUT2D eigenvalue weighted by Crippen LogP contribution is 2.20. The van der Waals surface area contributed by atoms with Crippen LogP contribution in [0.15, 0.2) is 12.5 Å². The zero-order valence-electron chi connectivity index (χ0n) is 11.5. The molecular formula is C13H20N6. The number of nitrogens with zero attached hydrogens (tertiary/aromatic N) is 5. The van der Waals surface area contributed by atoms with Gasteiger partial charge in [-0.05, 0) is 25.9 Å². The highest BCUT2D eigenvalue weighted by molar-refractivity contribution is 5.85. The minimum Gasteiger partial charge on any atom is -0.368 e. The van der Waals surface area contributed by atoms with Crippen LogP contribution < -0.4 is 5.32 Å². The Bertz CT molecular complexity index is 563. The van der Waals surface area contributed by atoms with Gasteiger partial charge in [0.05, 0.1) is 11.6 Å². The van der Waals surface area contributed by atoms with Crippen LogP contribution in [0, 0.1) is 0 Å². The Morgan fingerprint density at radius 1 is 1.42 bits per heavy atom. The smallest absolute Gasteiger partial charge is 0.163 e. The molecule has 0 spiro atoms. The van der Waals surface area contributed by atoms with E-state index in [0.29, 0.717) is 6.04 Å². The topological polar surface area (TPSA) is 58.9 Å². The minimum absolute atomic E-state index is 0.617. The first-order chi connectivity index (χ1) is 9.29. The second-order valence-corrected chi connectivity index (χ2v) is 5.03. The van der Waals surface area contributed by atoms with Gasteiger partial charge in [-0.3, -0.25) is 9.58 Å². The van der Waals surface area contributed by atoms with Crippen LogP contribution in [-0.2, 0) is 7.05 Å². The summed E-state index contributed by atoms with van der Waals surface area (Å²) in [7, 11) is 1.90. The third kappa shape index (κ3) is 2.28. The van der Waals surface area contributed by atoms with Gasteiger partial charge in [-0.15, -0.1) is 0 Å². The summed E-state index contributed by atoms with van der Waals surface area (Å²) in [5.74, 6) is 0.890. The van der Waals surface area contributed by atoms with E-state index in [1.807, 2.05) is 13.2 Å². The molecule has 0 bridgehead atoms. The molecule has 6 heteroatoms. The maximum atomic E-state index is 4.34. The van der Waals surface area contributed by atoms with Crippen molar-refractivity contribution in [3.05, 3.63) is 12.5 Å². The van der Waals surface area contributed by atoms with Crippen molar-refractivity contribution in [2.45, 2.75) is 25.8 Å². The first-order valence-electron chi connectivity index (χ1n) is 6.90. The molecule has 0 aromatic carbocycles. The molecule has 1 saturated heterocycles. The molecule has 0 amide bonds. The summed E-state index contributed by atoms with van der Waals surface area (Å²) in [6.45, 7) is 5.50.